The molecule has 2 unspecified atom stereocenters. The van der Waals surface area contributed by atoms with Crippen molar-refractivity contribution in [2.75, 3.05) is 6.61 Å². The van der Waals surface area contributed by atoms with Gasteiger partial charge in [-0.25, -0.2) is 4.39 Å². The van der Waals surface area contributed by atoms with Gasteiger partial charge < -0.3 is 16.2 Å². The third kappa shape index (κ3) is 8.61. The van der Waals surface area contributed by atoms with Gasteiger partial charge in [-0.2, -0.15) is 0 Å². The van der Waals surface area contributed by atoms with Gasteiger partial charge in [-0.1, -0.05) is 86.6 Å². The van der Waals surface area contributed by atoms with Crippen LogP contribution in [-0.2, 0) is 12.8 Å². The van der Waals surface area contributed by atoms with Gasteiger partial charge in [0.05, 0.1) is 0 Å². The van der Waals surface area contributed by atoms with E-state index in [0.717, 1.165) is 28.7 Å². The summed E-state index contributed by atoms with van der Waals surface area (Å²) in [6.07, 6.45) is 1.93. The van der Waals surface area contributed by atoms with Crippen LogP contribution in [0, 0.1) is 17.1 Å². The Morgan fingerprint density at radius 1 is 0.850 bits per heavy atom. The zero-order valence-corrected chi connectivity index (χ0v) is 23.1. The van der Waals surface area contributed by atoms with Crippen molar-refractivity contribution in [3.8, 4) is 11.1 Å². The number of hydrogen-bond acceptors (Lipinski definition) is 3. The third-order valence-electron chi connectivity index (χ3n) is 6.77. The zero-order chi connectivity index (χ0) is 28.9. The number of rotatable bonds is 11. The molecule has 2 atom stereocenters. The molecule has 4 aromatic rings. The molecule has 0 heterocycles. The van der Waals surface area contributed by atoms with Gasteiger partial charge in [0.25, 0.3) is 5.91 Å². The molecule has 5 N–H and O–H groups in total. The second-order valence-electron chi connectivity index (χ2n) is 9.45. The summed E-state index contributed by atoms with van der Waals surface area (Å²) in [6.45, 7) is 3.90. The second kappa shape index (κ2) is 15.3. The van der Waals surface area contributed by atoms with Crippen LogP contribution in [0.5, 0.6) is 0 Å². The largest absolute Gasteiger partial charge is 0.396 e. The predicted molar refractivity (Wildman–Crippen MR) is 161 cm³/mol. The molecule has 40 heavy (non-hydrogen) atoms. The van der Waals surface area contributed by atoms with Gasteiger partial charge in [-0.15, -0.1) is 0 Å². The van der Waals surface area contributed by atoms with E-state index in [4.69, 9.17) is 11.1 Å². The Kier molecular flexibility index (Phi) is 11.6. The molecule has 0 fully saturated rings. The molecule has 0 saturated carbocycles. The molecule has 0 aliphatic heterocycles. The Hall–Kier alpha value is -4.29. The van der Waals surface area contributed by atoms with Crippen LogP contribution in [0.25, 0.3) is 11.1 Å². The summed E-state index contributed by atoms with van der Waals surface area (Å²) in [5.74, 6) is -0.754. The average Bonchev–Trinajstić information content (AvgIpc) is 3.00. The number of aliphatic hydroxyl groups is 1. The minimum absolute atomic E-state index is 0.00888. The molecule has 4 aromatic carbocycles. The smallest absolute Gasteiger partial charge is 0.251 e. The predicted octanol–water partition coefficient (Wildman–Crippen LogP) is 6.39. The Balaban J connectivity index is 0.00000216. The number of benzene rings is 4. The molecule has 1 amide bonds. The van der Waals surface area contributed by atoms with Crippen molar-refractivity contribution in [3.63, 3.8) is 0 Å². The number of nitrogen functional groups attached to an aromatic ring is 1. The highest BCUT2D eigenvalue weighted by Crippen LogP contribution is 2.22. The van der Waals surface area contributed by atoms with Crippen molar-refractivity contribution >= 4 is 11.7 Å². The maximum Gasteiger partial charge on any atom is 0.251 e. The number of amides is 1. The SMILES string of the molecule is CC.N=C(N)c1cccc(CC(CO)C(CCc2ccccc2)NC(=O)c2ccc(-c3ccc(F)cc3)cc2)c1. The van der Waals surface area contributed by atoms with Crippen molar-refractivity contribution in [1.82, 2.24) is 5.32 Å². The van der Waals surface area contributed by atoms with Crippen LogP contribution in [0.15, 0.2) is 103 Å². The lowest BCUT2D eigenvalue weighted by Gasteiger charge is -2.27. The van der Waals surface area contributed by atoms with Crippen molar-refractivity contribution < 1.29 is 14.3 Å². The Morgan fingerprint density at radius 3 is 2.05 bits per heavy atom. The van der Waals surface area contributed by atoms with Crippen LogP contribution in [0.3, 0.4) is 0 Å². The fourth-order valence-electron chi connectivity index (χ4n) is 4.60. The molecule has 0 aliphatic rings. The normalized spacial score (nSPS) is 12.0. The van der Waals surface area contributed by atoms with Gasteiger partial charge >= 0.3 is 0 Å². The Bertz CT molecular complexity index is 1360. The van der Waals surface area contributed by atoms with Crippen molar-refractivity contribution in [2.45, 2.75) is 39.2 Å². The molecule has 4 rings (SSSR count). The molecule has 0 radical (unpaired) electrons. The maximum absolute atomic E-state index is 13.3. The molecule has 208 valence electrons. The van der Waals surface area contributed by atoms with E-state index in [1.54, 1.807) is 30.3 Å². The summed E-state index contributed by atoms with van der Waals surface area (Å²) >= 11 is 0. The van der Waals surface area contributed by atoms with Crippen molar-refractivity contribution in [2.24, 2.45) is 11.7 Å². The molecule has 0 bridgehead atoms. The summed E-state index contributed by atoms with van der Waals surface area (Å²) < 4.78 is 13.3. The van der Waals surface area contributed by atoms with E-state index in [-0.39, 0.29) is 36.1 Å². The first kappa shape index (κ1) is 30.3. The molecule has 0 aliphatic carbocycles. The molecule has 0 saturated heterocycles. The van der Waals surface area contributed by atoms with Crippen LogP contribution in [0.2, 0.25) is 0 Å². The number of aryl methyl sites for hydroxylation is 1. The number of carbonyl (C=O) groups excluding carboxylic acids is 1. The summed E-state index contributed by atoms with van der Waals surface area (Å²) in [4.78, 5) is 13.3. The number of carbonyl (C=O) groups is 1. The van der Waals surface area contributed by atoms with Crippen LogP contribution in [0.1, 0.15) is 47.3 Å². The second-order valence-corrected chi connectivity index (χ2v) is 9.45. The minimum atomic E-state index is -0.294. The van der Waals surface area contributed by atoms with Gasteiger partial charge in [0.15, 0.2) is 0 Å². The van der Waals surface area contributed by atoms with E-state index in [9.17, 15) is 14.3 Å². The highest BCUT2D eigenvalue weighted by atomic mass is 19.1. The van der Waals surface area contributed by atoms with Crippen LogP contribution in [0.4, 0.5) is 4.39 Å². The number of hydrogen-bond donors (Lipinski definition) is 4. The number of nitrogens with two attached hydrogens (primary N) is 1. The highest BCUT2D eigenvalue weighted by molar-refractivity contribution is 5.95. The van der Waals surface area contributed by atoms with Crippen LogP contribution >= 0.6 is 0 Å². The van der Waals surface area contributed by atoms with Gasteiger partial charge in [-0.3, -0.25) is 10.2 Å². The number of amidine groups is 1. The molecule has 6 heteroatoms. The first-order valence-electron chi connectivity index (χ1n) is 13.7. The number of aliphatic hydroxyl groups excluding tert-OH is 1. The first-order chi connectivity index (χ1) is 19.4. The lowest BCUT2D eigenvalue weighted by atomic mass is 9.88. The Labute approximate surface area is 236 Å². The van der Waals surface area contributed by atoms with Crippen LogP contribution in [-0.4, -0.2) is 29.5 Å². The van der Waals surface area contributed by atoms with Gasteiger partial charge in [-0.05, 0) is 71.8 Å². The number of nitrogens with one attached hydrogen (secondary N) is 2. The fraction of sp³-hybridized carbons (Fsp3) is 0.235. The van der Waals surface area contributed by atoms with E-state index in [1.165, 1.54) is 12.1 Å². The molecular formula is C34H38FN3O2. The average molecular weight is 540 g/mol. The lowest BCUT2D eigenvalue weighted by Crippen LogP contribution is -2.43. The van der Waals surface area contributed by atoms with Gasteiger partial charge in [0.2, 0.25) is 0 Å². The van der Waals surface area contributed by atoms with E-state index < -0.39 is 0 Å². The maximum atomic E-state index is 13.3. The summed E-state index contributed by atoms with van der Waals surface area (Å²) in [5.41, 5.74) is 10.7. The lowest BCUT2D eigenvalue weighted by molar-refractivity contribution is 0.0898. The monoisotopic (exact) mass is 539 g/mol. The van der Waals surface area contributed by atoms with E-state index in [0.29, 0.717) is 24.0 Å². The summed E-state index contributed by atoms with van der Waals surface area (Å²) in [7, 11) is 0. The standard InChI is InChI=1S/C32H32FN3O2.C2H6/c33-29-16-14-25(15-17-29)24-10-12-26(13-11-24)32(38)36-30(18-9-22-5-2-1-3-6-22)28(21-37)20-23-7-4-8-27(19-23)31(34)35;1-2/h1-8,10-17,19,28,30,37H,9,18,20-21H2,(H3,34,35)(H,36,38);1-2H3. The number of halogens is 1. The zero-order valence-electron chi connectivity index (χ0n) is 23.1. The molecular weight excluding hydrogens is 501 g/mol. The highest BCUT2D eigenvalue weighted by Gasteiger charge is 2.24. The topological polar surface area (TPSA) is 99.2 Å². The van der Waals surface area contributed by atoms with Crippen LogP contribution < -0.4 is 11.1 Å². The van der Waals surface area contributed by atoms with Crippen molar-refractivity contribution in [3.05, 3.63) is 131 Å². The van der Waals surface area contributed by atoms with Crippen molar-refractivity contribution in [1.29, 1.82) is 5.41 Å². The van der Waals surface area contributed by atoms with E-state index >= 15 is 0 Å². The van der Waals surface area contributed by atoms with Gasteiger partial charge in [0, 0.05) is 29.7 Å². The fourth-order valence-corrected chi connectivity index (χ4v) is 4.60. The Morgan fingerprint density at radius 2 is 1.45 bits per heavy atom. The summed E-state index contributed by atoms with van der Waals surface area (Å²) in [6, 6.07) is 30.6. The molecule has 5 nitrogen and oxygen atoms in total. The summed E-state index contributed by atoms with van der Waals surface area (Å²) in [5, 5.41) is 21.2. The first-order valence-corrected chi connectivity index (χ1v) is 13.7. The van der Waals surface area contributed by atoms with Gasteiger partial charge in [0.1, 0.15) is 11.7 Å². The van der Waals surface area contributed by atoms with E-state index in [2.05, 4.69) is 17.4 Å². The third-order valence-corrected chi connectivity index (χ3v) is 6.77. The molecule has 0 aromatic heterocycles. The molecule has 0 spiro atoms. The van der Waals surface area contributed by atoms with E-state index in [1.807, 2.05) is 62.4 Å². The quantitative estimate of drug-likeness (QED) is 0.131. The minimum Gasteiger partial charge on any atom is -0.396 e.